The molecule has 122 valence electrons. The van der Waals surface area contributed by atoms with Gasteiger partial charge in [0.15, 0.2) is 5.75 Å². The van der Waals surface area contributed by atoms with Crippen molar-refractivity contribution in [1.29, 1.82) is 0 Å². The van der Waals surface area contributed by atoms with Gasteiger partial charge in [-0.3, -0.25) is 9.78 Å². The monoisotopic (exact) mass is 355 g/mol. The Morgan fingerprint density at radius 2 is 1.96 bits per heavy atom. The number of rotatable bonds is 5. The molecule has 0 saturated carbocycles. The molecule has 2 rings (SSSR count). The Balaban J connectivity index is 2.13. The molecule has 0 aliphatic rings. The molecule has 0 atom stereocenters. The van der Waals surface area contributed by atoms with Crippen LogP contribution in [0.3, 0.4) is 0 Å². The molecule has 0 fully saturated rings. The van der Waals surface area contributed by atoms with E-state index in [-0.39, 0.29) is 23.3 Å². The summed E-state index contributed by atoms with van der Waals surface area (Å²) in [7, 11) is 0. The van der Waals surface area contributed by atoms with E-state index in [2.05, 4.69) is 25.7 Å². The van der Waals surface area contributed by atoms with E-state index in [0.717, 1.165) is 0 Å². The number of hydrogen-bond acceptors (Lipinski definition) is 6. The van der Waals surface area contributed by atoms with Gasteiger partial charge in [-0.25, -0.2) is 5.43 Å². The summed E-state index contributed by atoms with van der Waals surface area (Å²) in [6.45, 7) is 5.33. The Morgan fingerprint density at radius 3 is 2.52 bits per heavy atom. The van der Waals surface area contributed by atoms with Gasteiger partial charge in [-0.15, -0.1) is 10.2 Å². The molecule has 0 bridgehead atoms. The van der Waals surface area contributed by atoms with Gasteiger partial charge in [0.2, 0.25) is 5.95 Å². The van der Waals surface area contributed by atoms with Gasteiger partial charge in [0.1, 0.15) is 5.69 Å². The van der Waals surface area contributed by atoms with Crippen molar-refractivity contribution in [2.45, 2.75) is 26.9 Å². The Morgan fingerprint density at radius 1 is 1.30 bits per heavy atom. The maximum absolute atomic E-state index is 11.4. The highest BCUT2D eigenvalue weighted by Crippen LogP contribution is 2.34. The number of anilines is 1. The van der Waals surface area contributed by atoms with Crippen LogP contribution in [0.15, 0.2) is 22.0 Å². The minimum atomic E-state index is -0.334. The minimum Gasteiger partial charge on any atom is -0.488 e. The fourth-order valence-electron chi connectivity index (χ4n) is 1.61. The third-order valence-corrected chi connectivity index (χ3v) is 3.18. The summed E-state index contributed by atoms with van der Waals surface area (Å²) < 4.78 is 5.55. The van der Waals surface area contributed by atoms with Crippen molar-refractivity contribution >= 4 is 35.4 Å². The van der Waals surface area contributed by atoms with E-state index >= 15 is 0 Å². The lowest BCUT2D eigenvalue weighted by molar-refractivity contribution is 0.243. The number of aromatic nitrogens is 3. The standard InChI is InChI=1S/C14H15Cl2N5O2/c1-7(2)23-12-10(15)4-9(5-11(12)16)6-17-20-14-18-13(22)8(3)19-21-14/h4-7H,1-3H3,(H2,18,20,21,22)/b17-6+. The number of benzene rings is 1. The zero-order chi connectivity index (χ0) is 17.0. The second-order valence-corrected chi connectivity index (χ2v) is 5.75. The second-order valence-electron chi connectivity index (χ2n) is 4.94. The fourth-order valence-corrected chi connectivity index (χ4v) is 2.21. The summed E-state index contributed by atoms with van der Waals surface area (Å²) in [5.74, 6) is 0.566. The Labute approximate surface area is 142 Å². The molecule has 1 aromatic heterocycles. The van der Waals surface area contributed by atoms with Gasteiger partial charge < -0.3 is 4.74 Å². The van der Waals surface area contributed by atoms with E-state index in [1.165, 1.54) is 6.21 Å². The highest BCUT2D eigenvalue weighted by molar-refractivity contribution is 6.37. The SMILES string of the molecule is Cc1nnc(N/N=C/c2cc(Cl)c(OC(C)C)c(Cl)c2)[nH]c1=O. The summed E-state index contributed by atoms with van der Waals surface area (Å²) in [4.78, 5) is 13.9. The van der Waals surface area contributed by atoms with Crippen LogP contribution in [0.1, 0.15) is 25.1 Å². The van der Waals surface area contributed by atoms with Gasteiger partial charge in [0.05, 0.1) is 22.4 Å². The predicted octanol–water partition coefficient (Wildman–Crippen LogP) is 3.01. The predicted molar refractivity (Wildman–Crippen MR) is 90.8 cm³/mol. The van der Waals surface area contributed by atoms with Crippen LogP contribution in [0.5, 0.6) is 5.75 Å². The van der Waals surface area contributed by atoms with Crippen LogP contribution in [0.2, 0.25) is 10.0 Å². The quantitative estimate of drug-likeness (QED) is 0.635. The van der Waals surface area contributed by atoms with E-state index in [9.17, 15) is 4.79 Å². The summed E-state index contributed by atoms with van der Waals surface area (Å²) in [5, 5.41) is 12.2. The summed E-state index contributed by atoms with van der Waals surface area (Å²) in [5.41, 5.74) is 3.17. The zero-order valence-corrected chi connectivity index (χ0v) is 14.2. The molecule has 2 N–H and O–H groups in total. The van der Waals surface area contributed by atoms with Crippen molar-refractivity contribution in [1.82, 2.24) is 15.2 Å². The molecule has 23 heavy (non-hydrogen) atoms. The van der Waals surface area contributed by atoms with Crippen molar-refractivity contribution in [3.63, 3.8) is 0 Å². The molecule has 2 aromatic rings. The number of aryl methyl sites for hydroxylation is 1. The molecule has 0 aliphatic heterocycles. The van der Waals surface area contributed by atoms with Crippen LogP contribution < -0.4 is 15.7 Å². The van der Waals surface area contributed by atoms with Crippen molar-refractivity contribution < 1.29 is 4.74 Å². The normalized spacial score (nSPS) is 11.2. The third kappa shape index (κ3) is 4.67. The van der Waals surface area contributed by atoms with E-state index < -0.39 is 0 Å². The molecule has 0 amide bonds. The van der Waals surface area contributed by atoms with E-state index in [0.29, 0.717) is 21.4 Å². The lowest BCUT2D eigenvalue weighted by Gasteiger charge is -2.13. The van der Waals surface area contributed by atoms with Gasteiger partial charge >= 0.3 is 0 Å². The molecule has 0 radical (unpaired) electrons. The molecule has 7 nitrogen and oxygen atoms in total. The Hall–Kier alpha value is -2.12. The Kier molecular flexibility index (Phi) is 5.57. The van der Waals surface area contributed by atoms with Gasteiger partial charge in [-0.2, -0.15) is 5.10 Å². The molecular formula is C14H15Cl2N5O2. The number of halogens is 2. The van der Waals surface area contributed by atoms with Crippen molar-refractivity contribution in [3.8, 4) is 5.75 Å². The van der Waals surface area contributed by atoms with E-state index in [1.807, 2.05) is 13.8 Å². The number of ether oxygens (including phenoxy) is 1. The van der Waals surface area contributed by atoms with Gasteiger partial charge in [-0.05, 0) is 38.5 Å². The molecular weight excluding hydrogens is 341 g/mol. The number of hydrazone groups is 1. The third-order valence-electron chi connectivity index (χ3n) is 2.62. The fraction of sp³-hybridized carbons (Fsp3) is 0.286. The number of hydrogen-bond donors (Lipinski definition) is 2. The molecule has 1 aromatic carbocycles. The van der Waals surface area contributed by atoms with Crippen LogP contribution in [0.4, 0.5) is 5.95 Å². The lowest BCUT2D eigenvalue weighted by atomic mass is 10.2. The first-order valence-corrected chi connectivity index (χ1v) is 7.50. The summed E-state index contributed by atoms with van der Waals surface area (Å²) in [6.07, 6.45) is 1.44. The highest BCUT2D eigenvalue weighted by atomic mass is 35.5. The Bertz CT molecular complexity index is 766. The lowest BCUT2D eigenvalue weighted by Crippen LogP contribution is -2.15. The second kappa shape index (κ2) is 7.43. The maximum Gasteiger partial charge on any atom is 0.274 e. The van der Waals surface area contributed by atoms with Crippen LogP contribution in [-0.2, 0) is 0 Å². The first-order valence-electron chi connectivity index (χ1n) is 6.75. The number of nitrogens with one attached hydrogen (secondary N) is 2. The van der Waals surface area contributed by atoms with Crippen molar-refractivity contribution in [3.05, 3.63) is 43.8 Å². The number of nitrogens with zero attached hydrogens (tertiary/aromatic N) is 3. The molecule has 9 heteroatoms. The summed E-state index contributed by atoms with van der Waals surface area (Å²) in [6, 6.07) is 3.33. The first-order chi connectivity index (χ1) is 10.9. The zero-order valence-electron chi connectivity index (χ0n) is 12.7. The van der Waals surface area contributed by atoms with Crippen LogP contribution >= 0.6 is 23.2 Å². The van der Waals surface area contributed by atoms with Crippen molar-refractivity contribution in [2.75, 3.05) is 5.43 Å². The average Bonchev–Trinajstić information content (AvgIpc) is 2.46. The largest absolute Gasteiger partial charge is 0.488 e. The smallest absolute Gasteiger partial charge is 0.274 e. The van der Waals surface area contributed by atoms with Gasteiger partial charge in [-0.1, -0.05) is 23.2 Å². The summed E-state index contributed by atoms with van der Waals surface area (Å²) >= 11 is 12.3. The van der Waals surface area contributed by atoms with Gasteiger partial charge in [0, 0.05) is 0 Å². The van der Waals surface area contributed by atoms with Crippen LogP contribution in [-0.4, -0.2) is 27.5 Å². The first kappa shape index (κ1) is 17.2. The van der Waals surface area contributed by atoms with Crippen molar-refractivity contribution in [2.24, 2.45) is 5.10 Å². The van der Waals surface area contributed by atoms with E-state index in [1.54, 1.807) is 19.1 Å². The number of H-pyrrole nitrogens is 1. The van der Waals surface area contributed by atoms with E-state index in [4.69, 9.17) is 27.9 Å². The maximum atomic E-state index is 11.4. The highest BCUT2D eigenvalue weighted by Gasteiger charge is 2.10. The molecule has 0 saturated heterocycles. The topological polar surface area (TPSA) is 92.3 Å². The molecule has 1 heterocycles. The molecule has 0 spiro atoms. The molecule has 0 unspecified atom stereocenters. The van der Waals surface area contributed by atoms with Crippen LogP contribution in [0, 0.1) is 6.92 Å². The number of aromatic amines is 1. The average molecular weight is 356 g/mol. The van der Waals surface area contributed by atoms with Crippen LogP contribution in [0.25, 0.3) is 0 Å². The van der Waals surface area contributed by atoms with Gasteiger partial charge in [0.25, 0.3) is 5.56 Å². The molecule has 0 aliphatic carbocycles. The minimum absolute atomic E-state index is 0.0388.